The lowest BCUT2D eigenvalue weighted by Crippen LogP contribution is -2.13. The number of carbonyl (C=O) groups excluding carboxylic acids is 1. The fourth-order valence-electron chi connectivity index (χ4n) is 3.73. The normalized spacial score (nSPS) is 29.5. The zero-order valence-electron chi connectivity index (χ0n) is 10.6. The fraction of sp³-hybridized carbons (Fsp3) is 0.438. The van der Waals surface area contributed by atoms with Crippen LogP contribution in [0.3, 0.4) is 0 Å². The third-order valence-electron chi connectivity index (χ3n) is 4.75. The number of carbonyl (C=O) groups is 1. The average molecular weight is 239 g/mol. The van der Waals surface area contributed by atoms with E-state index in [4.69, 9.17) is 0 Å². The van der Waals surface area contributed by atoms with Gasteiger partial charge in [-0.05, 0) is 44.1 Å². The van der Waals surface area contributed by atoms with E-state index in [-0.39, 0.29) is 5.92 Å². The summed E-state index contributed by atoms with van der Waals surface area (Å²) in [5.74, 6) is 2.39. The first-order chi connectivity index (χ1) is 8.74. The molecule has 2 unspecified atom stereocenters. The fourth-order valence-corrected chi connectivity index (χ4v) is 3.73. The van der Waals surface area contributed by atoms with E-state index >= 15 is 0 Å². The van der Waals surface area contributed by atoms with Gasteiger partial charge in [0.25, 0.3) is 0 Å². The van der Waals surface area contributed by atoms with Crippen LogP contribution in [-0.2, 0) is 0 Å². The summed E-state index contributed by atoms with van der Waals surface area (Å²) in [5, 5.41) is 1.10. The van der Waals surface area contributed by atoms with Gasteiger partial charge in [-0.2, -0.15) is 0 Å². The monoisotopic (exact) mass is 239 g/mol. The first-order valence-corrected chi connectivity index (χ1v) is 6.85. The summed E-state index contributed by atoms with van der Waals surface area (Å²) >= 11 is 0. The van der Waals surface area contributed by atoms with Gasteiger partial charge in [0.2, 0.25) is 0 Å². The lowest BCUT2D eigenvalue weighted by Gasteiger charge is -2.10. The van der Waals surface area contributed by atoms with E-state index in [1.807, 2.05) is 25.1 Å². The molecule has 4 rings (SSSR count). The first-order valence-electron chi connectivity index (χ1n) is 6.85. The van der Waals surface area contributed by atoms with Gasteiger partial charge in [0.15, 0.2) is 5.78 Å². The smallest absolute Gasteiger partial charge is 0.168 e. The molecule has 0 radical (unpaired) electrons. The van der Waals surface area contributed by atoms with E-state index in [0.29, 0.717) is 5.78 Å². The summed E-state index contributed by atoms with van der Waals surface area (Å²) < 4.78 is 0. The number of aromatic nitrogens is 1. The van der Waals surface area contributed by atoms with Crippen LogP contribution in [0.25, 0.3) is 10.9 Å². The maximum atomic E-state index is 12.7. The van der Waals surface area contributed by atoms with Gasteiger partial charge >= 0.3 is 0 Å². The molecular weight excluding hydrogens is 222 g/mol. The summed E-state index contributed by atoms with van der Waals surface area (Å²) in [7, 11) is 0. The van der Waals surface area contributed by atoms with Crippen LogP contribution in [0, 0.1) is 24.7 Å². The van der Waals surface area contributed by atoms with E-state index in [1.165, 1.54) is 6.42 Å². The van der Waals surface area contributed by atoms with E-state index < -0.39 is 0 Å². The number of hydrogen-bond donors (Lipinski definition) is 1. The minimum absolute atomic E-state index is 0.284. The maximum Gasteiger partial charge on any atom is 0.168 e. The number of hydrogen-bond acceptors (Lipinski definition) is 1. The second-order valence-electron chi connectivity index (χ2n) is 5.96. The van der Waals surface area contributed by atoms with Crippen LogP contribution in [0.5, 0.6) is 0 Å². The van der Waals surface area contributed by atoms with Crippen LogP contribution in [0.4, 0.5) is 0 Å². The van der Waals surface area contributed by atoms with E-state index in [0.717, 1.165) is 46.8 Å². The highest BCUT2D eigenvalue weighted by Crippen LogP contribution is 2.55. The Hall–Kier alpha value is -1.57. The topological polar surface area (TPSA) is 32.9 Å². The minimum Gasteiger partial charge on any atom is -0.358 e. The Morgan fingerprint density at radius 3 is 2.67 bits per heavy atom. The maximum absolute atomic E-state index is 12.7. The van der Waals surface area contributed by atoms with Crippen LogP contribution in [0.2, 0.25) is 0 Å². The number of ketones is 1. The molecule has 2 aliphatic rings. The number of fused-ring (bicyclic) bond motifs is 2. The van der Waals surface area contributed by atoms with Gasteiger partial charge in [-0.3, -0.25) is 4.79 Å². The van der Waals surface area contributed by atoms with E-state index in [2.05, 4.69) is 11.1 Å². The summed E-state index contributed by atoms with van der Waals surface area (Å²) in [6, 6.07) is 8.13. The molecule has 2 saturated carbocycles. The molecule has 2 atom stereocenters. The van der Waals surface area contributed by atoms with E-state index in [1.54, 1.807) is 0 Å². The van der Waals surface area contributed by atoms with Crippen molar-refractivity contribution in [1.82, 2.24) is 4.98 Å². The number of rotatable bonds is 2. The molecule has 1 heterocycles. The average Bonchev–Trinajstić information content (AvgIpc) is 2.84. The Morgan fingerprint density at radius 2 is 1.89 bits per heavy atom. The van der Waals surface area contributed by atoms with Gasteiger partial charge in [-0.25, -0.2) is 0 Å². The number of benzene rings is 1. The van der Waals surface area contributed by atoms with Gasteiger partial charge < -0.3 is 4.98 Å². The zero-order valence-corrected chi connectivity index (χ0v) is 10.6. The second kappa shape index (κ2) is 3.47. The van der Waals surface area contributed by atoms with Gasteiger partial charge in [0.05, 0.1) is 0 Å². The molecule has 2 nitrogen and oxygen atoms in total. The van der Waals surface area contributed by atoms with Crippen molar-refractivity contribution in [2.45, 2.75) is 26.2 Å². The highest BCUT2D eigenvalue weighted by molar-refractivity contribution is 6.10. The van der Waals surface area contributed by atoms with Gasteiger partial charge in [0.1, 0.15) is 0 Å². The minimum atomic E-state index is 0.284. The molecule has 1 aromatic heterocycles. The van der Waals surface area contributed by atoms with Crippen molar-refractivity contribution in [3.63, 3.8) is 0 Å². The standard InChI is InChI=1S/C16H17NO/c1-9-15(13-4-2-3-5-14(13)17-9)16(18)12-7-10-6-11(10)8-12/h2-5,10-12,17H,6-8H2,1H3. The molecular formula is C16H17NO. The molecule has 2 heteroatoms. The predicted molar refractivity (Wildman–Crippen MR) is 71.7 cm³/mol. The molecule has 92 valence electrons. The predicted octanol–water partition coefficient (Wildman–Crippen LogP) is 3.71. The molecule has 0 saturated heterocycles. The molecule has 2 fully saturated rings. The van der Waals surface area contributed by atoms with Crippen molar-refractivity contribution < 1.29 is 4.79 Å². The zero-order chi connectivity index (χ0) is 12.3. The summed E-state index contributed by atoms with van der Waals surface area (Å²) in [4.78, 5) is 16.0. The molecule has 0 aliphatic heterocycles. The van der Waals surface area contributed by atoms with Crippen molar-refractivity contribution >= 4 is 16.7 Å². The molecule has 1 N–H and O–H groups in total. The van der Waals surface area contributed by atoms with Crippen molar-refractivity contribution in [3.8, 4) is 0 Å². The highest BCUT2D eigenvalue weighted by atomic mass is 16.1. The highest BCUT2D eigenvalue weighted by Gasteiger charge is 2.48. The number of H-pyrrole nitrogens is 1. The van der Waals surface area contributed by atoms with Crippen LogP contribution in [0.1, 0.15) is 35.3 Å². The summed E-state index contributed by atoms with van der Waals surface area (Å²) in [6.45, 7) is 2.02. The first kappa shape index (κ1) is 10.4. The van der Waals surface area contributed by atoms with Gasteiger partial charge in [-0.1, -0.05) is 18.2 Å². The number of para-hydroxylation sites is 1. The van der Waals surface area contributed by atoms with E-state index in [9.17, 15) is 4.79 Å². The summed E-state index contributed by atoms with van der Waals surface area (Å²) in [6.07, 6.45) is 3.63. The van der Waals surface area contributed by atoms with Crippen molar-refractivity contribution in [1.29, 1.82) is 0 Å². The molecule has 0 bridgehead atoms. The Labute approximate surface area is 106 Å². The van der Waals surface area contributed by atoms with Crippen LogP contribution >= 0.6 is 0 Å². The molecule has 0 spiro atoms. The lowest BCUT2D eigenvalue weighted by atomic mass is 9.92. The quantitative estimate of drug-likeness (QED) is 0.796. The number of aromatic amines is 1. The Kier molecular flexibility index (Phi) is 2.00. The molecule has 1 aromatic carbocycles. The number of aryl methyl sites for hydroxylation is 1. The van der Waals surface area contributed by atoms with Crippen molar-refractivity contribution in [3.05, 3.63) is 35.5 Å². The van der Waals surface area contributed by atoms with Gasteiger partial charge in [0, 0.05) is 28.1 Å². The Morgan fingerprint density at radius 1 is 1.17 bits per heavy atom. The Bertz CT molecular complexity index is 630. The van der Waals surface area contributed by atoms with Crippen molar-refractivity contribution in [2.24, 2.45) is 17.8 Å². The molecule has 18 heavy (non-hydrogen) atoms. The van der Waals surface area contributed by atoms with Gasteiger partial charge in [-0.15, -0.1) is 0 Å². The SMILES string of the molecule is Cc1[nH]c2ccccc2c1C(=O)C1CC2CC2C1. The molecule has 2 aromatic rings. The van der Waals surface area contributed by atoms with Crippen LogP contribution in [0.15, 0.2) is 24.3 Å². The van der Waals surface area contributed by atoms with Crippen LogP contribution in [-0.4, -0.2) is 10.8 Å². The third-order valence-corrected chi connectivity index (χ3v) is 4.75. The number of nitrogens with one attached hydrogen (secondary N) is 1. The largest absolute Gasteiger partial charge is 0.358 e. The molecule has 2 aliphatic carbocycles. The van der Waals surface area contributed by atoms with Crippen molar-refractivity contribution in [2.75, 3.05) is 0 Å². The third kappa shape index (κ3) is 1.38. The molecule has 0 amide bonds. The van der Waals surface area contributed by atoms with Crippen LogP contribution < -0.4 is 0 Å². The number of Topliss-reactive ketones (excluding diaryl/α,β-unsaturated/α-hetero) is 1. The summed E-state index contributed by atoms with van der Waals surface area (Å²) in [5.41, 5.74) is 3.06. The Balaban J connectivity index is 1.77. The lowest BCUT2D eigenvalue weighted by molar-refractivity contribution is 0.0915. The second-order valence-corrected chi connectivity index (χ2v) is 5.96.